The highest BCUT2D eigenvalue weighted by atomic mass is 35.5. The van der Waals surface area contributed by atoms with Gasteiger partial charge in [0, 0.05) is 17.6 Å². The van der Waals surface area contributed by atoms with Crippen LogP contribution in [0.1, 0.15) is 38.2 Å². The monoisotopic (exact) mass is 237 g/mol. The summed E-state index contributed by atoms with van der Waals surface area (Å²) < 4.78 is 0. The van der Waals surface area contributed by atoms with Crippen LogP contribution in [0.2, 0.25) is 5.02 Å². The minimum atomic E-state index is 0.626. The number of halogens is 1. The summed E-state index contributed by atoms with van der Waals surface area (Å²) in [7, 11) is 0. The molecule has 0 bridgehead atoms. The summed E-state index contributed by atoms with van der Waals surface area (Å²) in [4.78, 5) is 0. The van der Waals surface area contributed by atoms with Crippen molar-refractivity contribution >= 4 is 11.6 Å². The molecule has 1 aromatic rings. The van der Waals surface area contributed by atoms with E-state index in [4.69, 9.17) is 11.6 Å². The zero-order valence-electron chi connectivity index (χ0n) is 9.88. The Kier molecular flexibility index (Phi) is 4.25. The summed E-state index contributed by atoms with van der Waals surface area (Å²) in [5.74, 6) is 0.979. The van der Waals surface area contributed by atoms with Gasteiger partial charge in [-0.2, -0.15) is 0 Å². The molecule has 0 radical (unpaired) electrons. The second kappa shape index (κ2) is 5.70. The van der Waals surface area contributed by atoms with E-state index in [-0.39, 0.29) is 0 Å². The highest BCUT2D eigenvalue weighted by Crippen LogP contribution is 2.30. The maximum Gasteiger partial charge on any atom is 0.0406 e. The van der Waals surface area contributed by atoms with Gasteiger partial charge in [-0.05, 0) is 37.0 Å². The standard InChI is InChI=1S/C14H20ClN/c1-11(9-12-3-2-4-12)16-10-13-5-7-14(15)8-6-13/h5-8,11-12,16H,2-4,9-10H2,1H3. The van der Waals surface area contributed by atoms with Gasteiger partial charge in [-0.25, -0.2) is 0 Å². The zero-order valence-corrected chi connectivity index (χ0v) is 10.6. The maximum atomic E-state index is 5.85. The van der Waals surface area contributed by atoms with Gasteiger partial charge in [0.2, 0.25) is 0 Å². The van der Waals surface area contributed by atoms with Gasteiger partial charge in [-0.15, -0.1) is 0 Å². The molecule has 1 saturated carbocycles. The van der Waals surface area contributed by atoms with Gasteiger partial charge in [0.25, 0.3) is 0 Å². The molecular weight excluding hydrogens is 218 g/mol. The summed E-state index contributed by atoms with van der Waals surface area (Å²) in [5.41, 5.74) is 1.31. The zero-order chi connectivity index (χ0) is 11.4. The number of rotatable bonds is 5. The summed E-state index contributed by atoms with van der Waals surface area (Å²) in [6.07, 6.45) is 5.64. The summed E-state index contributed by atoms with van der Waals surface area (Å²) in [5, 5.41) is 4.39. The van der Waals surface area contributed by atoms with E-state index in [1.165, 1.54) is 31.2 Å². The van der Waals surface area contributed by atoms with Crippen LogP contribution in [0, 0.1) is 5.92 Å². The third-order valence-electron chi connectivity index (χ3n) is 3.48. The van der Waals surface area contributed by atoms with E-state index in [2.05, 4.69) is 24.4 Å². The second-order valence-electron chi connectivity index (χ2n) is 4.94. The highest BCUT2D eigenvalue weighted by Gasteiger charge is 2.19. The molecule has 1 atom stereocenters. The minimum absolute atomic E-state index is 0.626. The van der Waals surface area contributed by atoms with Gasteiger partial charge < -0.3 is 5.32 Å². The SMILES string of the molecule is CC(CC1CCC1)NCc1ccc(Cl)cc1. The molecule has 2 rings (SSSR count). The van der Waals surface area contributed by atoms with Crippen molar-refractivity contribution in [2.75, 3.05) is 0 Å². The smallest absolute Gasteiger partial charge is 0.0406 e. The van der Waals surface area contributed by atoms with Gasteiger partial charge >= 0.3 is 0 Å². The molecule has 2 heteroatoms. The lowest BCUT2D eigenvalue weighted by atomic mass is 9.81. The maximum absolute atomic E-state index is 5.85. The molecule has 1 N–H and O–H groups in total. The third-order valence-corrected chi connectivity index (χ3v) is 3.73. The van der Waals surface area contributed by atoms with Crippen LogP contribution in [-0.2, 0) is 6.54 Å². The van der Waals surface area contributed by atoms with Crippen molar-refractivity contribution in [1.29, 1.82) is 0 Å². The average molecular weight is 238 g/mol. The van der Waals surface area contributed by atoms with E-state index in [9.17, 15) is 0 Å². The first kappa shape index (κ1) is 11.9. The molecule has 0 heterocycles. The molecule has 0 amide bonds. The fraction of sp³-hybridized carbons (Fsp3) is 0.571. The predicted molar refractivity (Wildman–Crippen MR) is 69.7 cm³/mol. The van der Waals surface area contributed by atoms with Crippen LogP contribution >= 0.6 is 11.6 Å². The summed E-state index contributed by atoms with van der Waals surface area (Å²) >= 11 is 5.85. The van der Waals surface area contributed by atoms with Crippen molar-refractivity contribution in [1.82, 2.24) is 5.32 Å². The minimum Gasteiger partial charge on any atom is -0.310 e. The Labute approximate surface area is 103 Å². The molecule has 1 unspecified atom stereocenters. The van der Waals surface area contributed by atoms with Crippen molar-refractivity contribution < 1.29 is 0 Å². The Balaban J connectivity index is 1.71. The molecule has 1 aromatic carbocycles. The molecule has 1 aliphatic rings. The van der Waals surface area contributed by atoms with Gasteiger partial charge in [0.1, 0.15) is 0 Å². The molecular formula is C14H20ClN. The summed E-state index contributed by atoms with van der Waals surface area (Å²) in [6.45, 7) is 3.24. The van der Waals surface area contributed by atoms with Crippen molar-refractivity contribution in [2.24, 2.45) is 5.92 Å². The van der Waals surface area contributed by atoms with Crippen LogP contribution in [0.3, 0.4) is 0 Å². The number of benzene rings is 1. The fourth-order valence-electron chi connectivity index (χ4n) is 2.21. The third kappa shape index (κ3) is 3.50. The van der Waals surface area contributed by atoms with Crippen LogP contribution < -0.4 is 5.32 Å². The van der Waals surface area contributed by atoms with Crippen LogP contribution in [0.15, 0.2) is 24.3 Å². The van der Waals surface area contributed by atoms with Gasteiger partial charge in [0.15, 0.2) is 0 Å². The first-order chi connectivity index (χ1) is 7.74. The first-order valence-electron chi connectivity index (χ1n) is 6.22. The number of nitrogens with one attached hydrogen (secondary N) is 1. The Hall–Kier alpha value is -0.530. The highest BCUT2D eigenvalue weighted by molar-refractivity contribution is 6.30. The lowest BCUT2D eigenvalue weighted by Crippen LogP contribution is -2.29. The molecule has 1 fully saturated rings. The van der Waals surface area contributed by atoms with Crippen molar-refractivity contribution in [2.45, 2.75) is 45.2 Å². The molecule has 0 aliphatic heterocycles. The van der Waals surface area contributed by atoms with Crippen molar-refractivity contribution in [3.05, 3.63) is 34.9 Å². The Morgan fingerprint density at radius 3 is 2.56 bits per heavy atom. The lowest BCUT2D eigenvalue weighted by molar-refractivity contribution is 0.265. The van der Waals surface area contributed by atoms with Crippen LogP contribution in [0.4, 0.5) is 0 Å². The average Bonchev–Trinajstić information content (AvgIpc) is 2.23. The van der Waals surface area contributed by atoms with E-state index < -0.39 is 0 Å². The Bertz CT molecular complexity index is 316. The van der Waals surface area contributed by atoms with E-state index in [0.717, 1.165) is 17.5 Å². The normalized spacial score (nSPS) is 18.1. The first-order valence-corrected chi connectivity index (χ1v) is 6.59. The van der Waals surface area contributed by atoms with Crippen molar-refractivity contribution in [3.63, 3.8) is 0 Å². The molecule has 1 nitrogen and oxygen atoms in total. The summed E-state index contributed by atoms with van der Waals surface area (Å²) in [6, 6.07) is 8.71. The second-order valence-corrected chi connectivity index (χ2v) is 5.38. The fourth-order valence-corrected chi connectivity index (χ4v) is 2.33. The van der Waals surface area contributed by atoms with E-state index in [0.29, 0.717) is 6.04 Å². The van der Waals surface area contributed by atoms with Gasteiger partial charge in [-0.3, -0.25) is 0 Å². The van der Waals surface area contributed by atoms with E-state index in [1.807, 2.05) is 12.1 Å². The molecule has 0 saturated heterocycles. The van der Waals surface area contributed by atoms with Gasteiger partial charge in [0.05, 0.1) is 0 Å². The number of hydrogen-bond donors (Lipinski definition) is 1. The molecule has 0 aromatic heterocycles. The molecule has 1 aliphatic carbocycles. The molecule has 16 heavy (non-hydrogen) atoms. The quantitative estimate of drug-likeness (QED) is 0.816. The van der Waals surface area contributed by atoms with Gasteiger partial charge in [-0.1, -0.05) is 43.0 Å². The van der Waals surface area contributed by atoms with E-state index >= 15 is 0 Å². The lowest BCUT2D eigenvalue weighted by Gasteiger charge is -2.28. The van der Waals surface area contributed by atoms with Crippen molar-refractivity contribution in [3.8, 4) is 0 Å². The van der Waals surface area contributed by atoms with Crippen LogP contribution in [0.25, 0.3) is 0 Å². The Morgan fingerprint density at radius 1 is 1.31 bits per heavy atom. The van der Waals surface area contributed by atoms with Crippen LogP contribution in [-0.4, -0.2) is 6.04 Å². The Morgan fingerprint density at radius 2 is 2.00 bits per heavy atom. The topological polar surface area (TPSA) is 12.0 Å². The predicted octanol–water partition coefficient (Wildman–Crippen LogP) is 4.01. The molecule has 0 spiro atoms. The van der Waals surface area contributed by atoms with E-state index in [1.54, 1.807) is 0 Å². The van der Waals surface area contributed by atoms with Crippen LogP contribution in [0.5, 0.6) is 0 Å². The largest absolute Gasteiger partial charge is 0.310 e. The number of hydrogen-bond acceptors (Lipinski definition) is 1. The molecule has 88 valence electrons.